The van der Waals surface area contributed by atoms with Crippen LogP contribution in [0.1, 0.15) is 74.9 Å². The lowest BCUT2D eigenvalue weighted by Crippen LogP contribution is -2.27. The Balaban J connectivity index is 1.35. The second-order valence-electron chi connectivity index (χ2n) is 16.3. The number of fused-ring (bicyclic) bond motifs is 10. The predicted octanol–water partition coefficient (Wildman–Crippen LogP) is 12.4. The van der Waals surface area contributed by atoms with Crippen molar-refractivity contribution < 1.29 is 0 Å². The molecular weight excluding hydrogens is 617 g/mol. The van der Waals surface area contributed by atoms with E-state index in [1.54, 1.807) is 0 Å². The van der Waals surface area contributed by atoms with E-state index < -0.39 is 5.41 Å². The fourth-order valence-corrected chi connectivity index (χ4v) is 8.34. The number of benzene rings is 6. The highest BCUT2D eigenvalue weighted by Crippen LogP contribution is 2.63. The Morgan fingerprint density at radius 3 is 1.39 bits per heavy atom. The maximum atomic E-state index is 5.26. The molecule has 0 unspecified atom stereocenters. The summed E-state index contributed by atoms with van der Waals surface area (Å²) < 4.78 is 0. The van der Waals surface area contributed by atoms with E-state index in [4.69, 9.17) is 9.97 Å². The van der Waals surface area contributed by atoms with Gasteiger partial charge in [0.25, 0.3) is 0 Å². The molecule has 248 valence electrons. The largest absolute Gasteiger partial charge is 0.228 e. The molecule has 7 aromatic rings. The Bertz CT molecular complexity index is 2360. The van der Waals surface area contributed by atoms with Crippen molar-refractivity contribution in [2.24, 2.45) is 0 Å². The summed E-state index contributed by atoms with van der Waals surface area (Å²) in [4.78, 5) is 10.3. The minimum Gasteiger partial charge on any atom is -0.228 e. The predicted molar refractivity (Wildman–Crippen MR) is 212 cm³/mol. The van der Waals surface area contributed by atoms with Gasteiger partial charge in [0, 0.05) is 16.7 Å². The molecule has 2 heteroatoms. The summed E-state index contributed by atoms with van der Waals surface area (Å²) in [5.41, 5.74) is 17.9. The smallest absolute Gasteiger partial charge is 0.160 e. The number of rotatable bonds is 3. The highest BCUT2D eigenvalue weighted by molar-refractivity contribution is 5.96. The molecule has 0 N–H and O–H groups in total. The monoisotopic (exact) mass is 658 g/mol. The van der Waals surface area contributed by atoms with E-state index in [0.29, 0.717) is 0 Å². The van der Waals surface area contributed by atoms with Crippen molar-refractivity contribution in [2.75, 3.05) is 0 Å². The third kappa shape index (κ3) is 4.84. The van der Waals surface area contributed by atoms with Crippen LogP contribution < -0.4 is 0 Å². The van der Waals surface area contributed by atoms with Crippen LogP contribution in [0, 0.1) is 0 Å². The van der Waals surface area contributed by atoms with Crippen LogP contribution in [0.5, 0.6) is 0 Å². The summed E-state index contributed by atoms with van der Waals surface area (Å²) in [7, 11) is 0. The molecule has 2 aliphatic carbocycles. The minimum absolute atomic E-state index is 0.00695. The Hall–Kier alpha value is -5.60. The van der Waals surface area contributed by atoms with Gasteiger partial charge in [0.1, 0.15) is 0 Å². The van der Waals surface area contributed by atoms with Gasteiger partial charge in [0.05, 0.1) is 16.8 Å². The molecule has 1 spiro atoms. The summed E-state index contributed by atoms with van der Waals surface area (Å²) >= 11 is 0. The maximum absolute atomic E-state index is 5.26. The Kier molecular flexibility index (Phi) is 6.89. The molecule has 0 aliphatic heterocycles. The van der Waals surface area contributed by atoms with Crippen LogP contribution in [0.3, 0.4) is 0 Å². The van der Waals surface area contributed by atoms with Gasteiger partial charge in [-0.1, -0.05) is 175 Å². The zero-order valence-corrected chi connectivity index (χ0v) is 30.3. The zero-order chi connectivity index (χ0) is 35.1. The summed E-state index contributed by atoms with van der Waals surface area (Å²) in [6.45, 7) is 13.9. The van der Waals surface area contributed by atoms with Crippen molar-refractivity contribution in [1.29, 1.82) is 0 Å². The van der Waals surface area contributed by atoms with Gasteiger partial charge < -0.3 is 0 Å². The lowest BCUT2D eigenvalue weighted by atomic mass is 9.68. The molecule has 0 fully saturated rings. The molecule has 51 heavy (non-hydrogen) atoms. The lowest BCUT2D eigenvalue weighted by molar-refractivity contribution is 0.586. The third-order valence-electron chi connectivity index (χ3n) is 11.0. The van der Waals surface area contributed by atoms with Crippen LogP contribution in [0.15, 0.2) is 146 Å². The minimum atomic E-state index is -0.466. The van der Waals surface area contributed by atoms with Gasteiger partial charge in [-0.2, -0.15) is 0 Å². The second-order valence-corrected chi connectivity index (χ2v) is 16.3. The fraction of sp³-hybridized carbons (Fsp3) is 0.184. The van der Waals surface area contributed by atoms with Gasteiger partial charge in [0.2, 0.25) is 0 Å². The fourth-order valence-electron chi connectivity index (χ4n) is 8.34. The van der Waals surface area contributed by atoms with E-state index in [9.17, 15) is 0 Å². The molecule has 1 heterocycles. The standard InChI is InChI=1S/C49H42N2/c1-47(2,3)34-22-25-38-39-26-23-35(48(4,5)6)29-43(39)49(42(38)28-34)40-20-14-13-19-36(40)37-24-21-33(27-41(37)49)45-30-44(31-15-9-7-10-16-31)50-46(51-45)32-17-11-8-12-18-32/h7-30H,1-6H3. The van der Waals surface area contributed by atoms with E-state index in [1.807, 2.05) is 6.07 Å². The van der Waals surface area contributed by atoms with Crippen LogP contribution in [0.4, 0.5) is 0 Å². The quantitative estimate of drug-likeness (QED) is 0.189. The van der Waals surface area contributed by atoms with Crippen molar-refractivity contribution in [3.05, 3.63) is 179 Å². The summed E-state index contributed by atoms with van der Waals surface area (Å²) in [5.74, 6) is 0.728. The van der Waals surface area contributed by atoms with Crippen molar-refractivity contribution in [1.82, 2.24) is 9.97 Å². The zero-order valence-electron chi connectivity index (χ0n) is 30.3. The van der Waals surface area contributed by atoms with Gasteiger partial charge in [-0.15, -0.1) is 0 Å². The van der Waals surface area contributed by atoms with E-state index in [2.05, 4.69) is 181 Å². The Morgan fingerprint density at radius 1 is 0.373 bits per heavy atom. The average Bonchev–Trinajstić information content (AvgIpc) is 3.61. The SMILES string of the molecule is CC(C)(C)c1ccc2c(c1)C1(c3ccccc3-c3ccc(-c4cc(-c5ccccc5)nc(-c5ccccc5)n4)cc31)c1cc(C(C)(C)C)ccc1-2. The maximum Gasteiger partial charge on any atom is 0.160 e. The first kappa shape index (κ1) is 31.4. The molecule has 2 aliphatic rings. The van der Waals surface area contributed by atoms with Crippen LogP contribution in [-0.4, -0.2) is 9.97 Å². The normalized spacial score (nSPS) is 13.8. The molecule has 9 rings (SSSR count). The number of hydrogen-bond donors (Lipinski definition) is 0. The van der Waals surface area contributed by atoms with Crippen molar-refractivity contribution in [3.8, 4) is 56.2 Å². The summed E-state index contributed by atoms with van der Waals surface area (Å²) in [5, 5.41) is 0. The van der Waals surface area contributed by atoms with Gasteiger partial charge in [-0.05, 0) is 78.6 Å². The first-order valence-electron chi connectivity index (χ1n) is 18.1. The molecule has 6 aromatic carbocycles. The van der Waals surface area contributed by atoms with Crippen LogP contribution in [0.2, 0.25) is 0 Å². The molecule has 0 bridgehead atoms. The van der Waals surface area contributed by atoms with E-state index in [-0.39, 0.29) is 10.8 Å². The molecule has 0 atom stereocenters. The molecular formula is C49H42N2. The van der Waals surface area contributed by atoms with Gasteiger partial charge in [-0.3, -0.25) is 0 Å². The Morgan fingerprint density at radius 2 is 0.824 bits per heavy atom. The molecule has 1 aromatic heterocycles. The highest BCUT2D eigenvalue weighted by Gasteiger charge is 2.52. The third-order valence-corrected chi connectivity index (χ3v) is 11.0. The molecule has 0 radical (unpaired) electrons. The first-order chi connectivity index (χ1) is 24.5. The van der Waals surface area contributed by atoms with E-state index >= 15 is 0 Å². The number of nitrogens with zero attached hydrogens (tertiary/aromatic N) is 2. The Labute approximate surface area is 301 Å². The molecule has 0 saturated heterocycles. The van der Waals surface area contributed by atoms with Gasteiger partial charge in [-0.25, -0.2) is 9.97 Å². The van der Waals surface area contributed by atoms with Crippen molar-refractivity contribution >= 4 is 0 Å². The lowest BCUT2D eigenvalue weighted by Gasteiger charge is -2.33. The average molecular weight is 659 g/mol. The first-order valence-corrected chi connectivity index (χ1v) is 18.1. The molecule has 0 amide bonds. The van der Waals surface area contributed by atoms with E-state index in [0.717, 1.165) is 33.9 Å². The van der Waals surface area contributed by atoms with E-state index in [1.165, 1.54) is 55.6 Å². The van der Waals surface area contributed by atoms with Gasteiger partial charge in [0.15, 0.2) is 5.82 Å². The number of hydrogen-bond acceptors (Lipinski definition) is 2. The van der Waals surface area contributed by atoms with Crippen LogP contribution in [-0.2, 0) is 16.2 Å². The van der Waals surface area contributed by atoms with Gasteiger partial charge >= 0.3 is 0 Å². The molecule has 2 nitrogen and oxygen atoms in total. The topological polar surface area (TPSA) is 25.8 Å². The summed E-state index contributed by atoms with van der Waals surface area (Å²) in [6, 6.07) is 53.5. The molecule has 0 saturated carbocycles. The summed E-state index contributed by atoms with van der Waals surface area (Å²) in [6.07, 6.45) is 0. The van der Waals surface area contributed by atoms with Crippen LogP contribution in [0.25, 0.3) is 56.2 Å². The number of aromatic nitrogens is 2. The second kappa shape index (κ2) is 11.2. The van der Waals surface area contributed by atoms with Crippen molar-refractivity contribution in [2.45, 2.75) is 57.8 Å². The van der Waals surface area contributed by atoms with Crippen LogP contribution >= 0.6 is 0 Å². The van der Waals surface area contributed by atoms with Crippen molar-refractivity contribution in [3.63, 3.8) is 0 Å². The highest BCUT2D eigenvalue weighted by atomic mass is 14.9.